The maximum atomic E-state index is 13.0. The van der Waals surface area contributed by atoms with Crippen LogP contribution in [0.3, 0.4) is 0 Å². The van der Waals surface area contributed by atoms with Gasteiger partial charge in [0.2, 0.25) is 29.5 Å². The third-order valence-corrected chi connectivity index (χ3v) is 5.78. The van der Waals surface area contributed by atoms with Crippen molar-refractivity contribution in [3.8, 4) is 0 Å². The van der Waals surface area contributed by atoms with Crippen LogP contribution in [0.1, 0.15) is 69.2 Å². The van der Waals surface area contributed by atoms with E-state index in [2.05, 4.69) is 26.6 Å². The van der Waals surface area contributed by atoms with Crippen LogP contribution in [0.5, 0.6) is 0 Å². The average molecular weight is 499 g/mol. The third kappa shape index (κ3) is 11.1. The fraction of sp³-hybridized carbons (Fsp3) is 0.792. The summed E-state index contributed by atoms with van der Waals surface area (Å²) in [6, 6.07) is -4.40. The van der Waals surface area contributed by atoms with Gasteiger partial charge in [-0.25, -0.2) is 0 Å². The molecular weight excluding hydrogens is 452 g/mol. The number of carbonyl (C=O) groups is 5. The molecule has 0 heterocycles. The molecule has 0 saturated carbocycles. The zero-order valence-corrected chi connectivity index (χ0v) is 22.8. The van der Waals surface area contributed by atoms with Gasteiger partial charge in [0, 0.05) is 6.04 Å². The van der Waals surface area contributed by atoms with E-state index in [0.717, 1.165) is 0 Å². The van der Waals surface area contributed by atoms with E-state index < -0.39 is 53.8 Å². The summed E-state index contributed by atoms with van der Waals surface area (Å²) in [5, 5.41) is 13.3. The number of nitrogens with two attached hydrogens (primary N) is 1. The zero-order chi connectivity index (χ0) is 27.6. The largest absolute Gasteiger partial charge is 0.352 e. The van der Waals surface area contributed by atoms with Gasteiger partial charge >= 0.3 is 0 Å². The highest BCUT2D eigenvalue weighted by molar-refractivity contribution is 5.95. The van der Waals surface area contributed by atoms with Gasteiger partial charge in [0.15, 0.2) is 0 Å². The van der Waals surface area contributed by atoms with Gasteiger partial charge in [-0.2, -0.15) is 0 Å². The molecule has 0 rings (SSSR count). The molecular formula is C24H46N6O5. The van der Waals surface area contributed by atoms with Crippen molar-refractivity contribution in [3.05, 3.63) is 0 Å². The van der Waals surface area contributed by atoms with Crippen molar-refractivity contribution in [3.63, 3.8) is 0 Å². The first-order chi connectivity index (χ1) is 16.0. The summed E-state index contributed by atoms with van der Waals surface area (Å²) in [5.74, 6) is -2.63. The Bertz CT molecular complexity index is 753. The number of amides is 5. The molecule has 0 aliphatic heterocycles. The van der Waals surface area contributed by atoms with E-state index in [4.69, 9.17) is 5.73 Å². The fourth-order valence-electron chi connectivity index (χ4n) is 2.89. The minimum atomic E-state index is -0.970. The standard InChI is InChI=1S/C24H46N6O5/c1-11(2)15(8)26-23(34)18(12(3)4)30-24(35)19(13(5)6)29-22(33)17(10)28-21(32)16(9)27-20(31)14(7)25/h11-19H,25H2,1-10H3,(H,26,34)(H,27,31)(H,28,32)(H,29,33)(H,30,35)/t14-,15+,16-,17-,18-,19?/m0/s1. The number of hydrogen-bond donors (Lipinski definition) is 6. The Labute approximate surface area is 209 Å². The Kier molecular flexibility index (Phi) is 13.5. The summed E-state index contributed by atoms with van der Waals surface area (Å²) in [6.45, 7) is 17.5. The zero-order valence-electron chi connectivity index (χ0n) is 22.8. The van der Waals surface area contributed by atoms with E-state index in [1.165, 1.54) is 20.8 Å². The van der Waals surface area contributed by atoms with E-state index in [9.17, 15) is 24.0 Å². The lowest BCUT2D eigenvalue weighted by Crippen LogP contribution is -2.60. The molecule has 0 aromatic rings. The molecule has 0 bridgehead atoms. The van der Waals surface area contributed by atoms with E-state index in [1.54, 1.807) is 13.8 Å². The van der Waals surface area contributed by atoms with E-state index in [0.29, 0.717) is 0 Å². The highest BCUT2D eigenvalue weighted by atomic mass is 16.2. The maximum absolute atomic E-state index is 13.0. The number of carbonyl (C=O) groups excluding carboxylic acids is 5. The first kappa shape index (κ1) is 32.3. The van der Waals surface area contributed by atoms with E-state index in [-0.39, 0.29) is 29.7 Å². The molecule has 35 heavy (non-hydrogen) atoms. The number of nitrogens with one attached hydrogen (secondary N) is 5. The minimum Gasteiger partial charge on any atom is -0.352 e. The molecule has 0 aliphatic rings. The van der Waals surface area contributed by atoms with Crippen LogP contribution in [-0.2, 0) is 24.0 Å². The Balaban J connectivity index is 5.22. The van der Waals surface area contributed by atoms with Crippen molar-refractivity contribution in [2.45, 2.75) is 105 Å². The number of rotatable bonds is 13. The molecule has 11 heteroatoms. The van der Waals surface area contributed by atoms with Gasteiger partial charge < -0.3 is 32.3 Å². The SMILES string of the molecule is CC(C)C(NC(=O)[C@H](C)NC(=O)[C@H](C)NC(=O)[C@H](C)N)C(=O)N[C@H](C(=O)N[C@H](C)C(C)C)C(C)C. The van der Waals surface area contributed by atoms with Gasteiger partial charge in [0.25, 0.3) is 0 Å². The smallest absolute Gasteiger partial charge is 0.243 e. The quantitative estimate of drug-likeness (QED) is 0.205. The summed E-state index contributed by atoms with van der Waals surface area (Å²) in [6.07, 6.45) is 0. The van der Waals surface area contributed by atoms with Gasteiger partial charge in [0.05, 0.1) is 6.04 Å². The van der Waals surface area contributed by atoms with Crippen molar-refractivity contribution in [2.24, 2.45) is 23.5 Å². The van der Waals surface area contributed by atoms with Gasteiger partial charge in [-0.05, 0) is 45.4 Å². The maximum Gasteiger partial charge on any atom is 0.243 e. The van der Waals surface area contributed by atoms with Crippen LogP contribution in [-0.4, -0.2) is 65.8 Å². The van der Waals surface area contributed by atoms with Crippen LogP contribution in [0.15, 0.2) is 0 Å². The molecule has 0 saturated heterocycles. The molecule has 1 unspecified atom stereocenters. The van der Waals surface area contributed by atoms with E-state index in [1.807, 2.05) is 34.6 Å². The van der Waals surface area contributed by atoms with Crippen LogP contribution in [0.2, 0.25) is 0 Å². The molecule has 5 amide bonds. The van der Waals surface area contributed by atoms with Gasteiger partial charge in [-0.15, -0.1) is 0 Å². The molecule has 202 valence electrons. The van der Waals surface area contributed by atoms with Crippen molar-refractivity contribution < 1.29 is 24.0 Å². The lowest BCUT2D eigenvalue weighted by molar-refractivity contribution is -0.135. The van der Waals surface area contributed by atoms with Crippen LogP contribution < -0.4 is 32.3 Å². The van der Waals surface area contributed by atoms with Crippen molar-refractivity contribution in [1.29, 1.82) is 0 Å². The van der Waals surface area contributed by atoms with Gasteiger partial charge in [0.1, 0.15) is 24.2 Å². The summed E-state index contributed by atoms with van der Waals surface area (Å²) in [7, 11) is 0. The molecule has 0 aromatic heterocycles. The summed E-state index contributed by atoms with van der Waals surface area (Å²) in [5.41, 5.74) is 5.48. The monoisotopic (exact) mass is 498 g/mol. The Morgan fingerprint density at radius 1 is 0.457 bits per heavy atom. The second-order valence-electron chi connectivity index (χ2n) is 10.3. The summed E-state index contributed by atoms with van der Waals surface area (Å²) < 4.78 is 0. The minimum absolute atomic E-state index is 0.0639. The molecule has 0 spiro atoms. The lowest BCUT2D eigenvalue weighted by atomic mass is 9.98. The normalized spacial score (nSPS) is 16.5. The molecule has 7 N–H and O–H groups in total. The summed E-state index contributed by atoms with van der Waals surface area (Å²) >= 11 is 0. The first-order valence-electron chi connectivity index (χ1n) is 12.3. The van der Waals surface area contributed by atoms with Gasteiger partial charge in [-0.3, -0.25) is 24.0 Å². The van der Waals surface area contributed by atoms with Crippen molar-refractivity contribution in [2.75, 3.05) is 0 Å². The fourth-order valence-corrected chi connectivity index (χ4v) is 2.89. The van der Waals surface area contributed by atoms with E-state index >= 15 is 0 Å². The predicted molar refractivity (Wildman–Crippen MR) is 135 cm³/mol. The molecule has 6 atom stereocenters. The lowest BCUT2D eigenvalue weighted by Gasteiger charge is -2.29. The highest BCUT2D eigenvalue weighted by Crippen LogP contribution is 2.09. The third-order valence-electron chi connectivity index (χ3n) is 5.78. The average Bonchev–Trinajstić information content (AvgIpc) is 2.74. The molecule has 0 fully saturated rings. The number of hydrogen-bond acceptors (Lipinski definition) is 6. The van der Waals surface area contributed by atoms with Crippen LogP contribution >= 0.6 is 0 Å². The first-order valence-corrected chi connectivity index (χ1v) is 12.3. The Morgan fingerprint density at radius 3 is 1.17 bits per heavy atom. The Hall–Kier alpha value is -2.69. The molecule has 0 radical (unpaired) electrons. The topological polar surface area (TPSA) is 172 Å². The predicted octanol–water partition coefficient (Wildman–Crippen LogP) is -0.215. The Morgan fingerprint density at radius 2 is 0.800 bits per heavy atom. The van der Waals surface area contributed by atoms with Crippen LogP contribution in [0.25, 0.3) is 0 Å². The molecule has 0 aliphatic carbocycles. The van der Waals surface area contributed by atoms with Crippen LogP contribution in [0.4, 0.5) is 0 Å². The summed E-state index contributed by atoms with van der Waals surface area (Å²) in [4.78, 5) is 62.6. The van der Waals surface area contributed by atoms with Crippen LogP contribution in [0, 0.1) is 17.8 Å². The van der Waals surface area contributed by atoms with Crippen molar-refractivity contribution in [1.82, 2.24) is 26.6 Å². The second-order valence-corrected chi connectivity index (χ2v) is 10.3. The second kappa shape index (κ2) is 14.7. The highest BCUT2D eigenvalue weighted by Gasteiger charge is 2.32. The van der Waals surface area contributed by atoms with Crippen molar-refractivity contribution >= 4 is 29.5 Å². The van der Waals surface area contributed by atoms with Gasteiger partial charge in [-0.1, -0.05) is 41.5 Å². The molecule has 11 nitrogen and oxygen atoms in total. The molecule has 0 aromatic carbocycles.